The average Bonchev–Trinajstić information content (AvgIpc) is 3.22. The fraction of sp³-hybridized carbons (Fsp3) is 0.316. The molecule has 0 spiro atoms. The van der Waals surface area contributed by atoms with Gasteiger partial charge >= 0.3 is 0 Å². The molecule has 0 bridgehead atoms. The van der Waals surface area contributed by atoms with Crippen LogP contribution in [0.25, 0.3) is 0 Å². The van der Waals surface area contributed by atoms with Gasteiger partial charge < -0.3 is 10.1 Å². The first-order valence-corrected chi connectivity index (χ1v) is 9.96. The molecule has 0 aliphatic carbocycles. The van der Waals surface area contributed by atoms with Gasteiger partial charge in [0.25, 0.3) is 0 Å². The summed E-state index contributed by atoms with van der Waals surface area (Å²) >= 11 is 0. The number of carbonyl (C=O) groups is 1. The van der Waals surface area contributed by atoms with E-state index in [1.807, 2.05) is 12.1 Å². The molecular weight excluding hydrogens is 352 g/mol. The Labute approximate surface area is 153 Å². The normalized spacial score (nSPS) is 15.0. The van der Waals surface area contributed by atoms with Crippen molar-refractivity contribution in [1.29, 1.82) is 0 Å². The molecule has 3 rings (SSSR count). The number of sulfonamides is 1. The summed E-state index contributed by atoms with van der Waals surface area (Å²) in [7, 11) is -1.93. The standard InChI is InChI=1S/C19H22N2O4S/c1-25-17-9-7-16(8-10-17)20-14-19(22)15-5-4-6-18(13-15)26(23,24)21-11-2-3-12-21/h4-10,13,20H,2-3,11-12,14H2,1H3. The van der Waals surface area contributed by atoms with E-state index in [1.54, 1.807) is 37.4 Å². The molecule has 138 valence electrons. The van der Waals surface area contributed by atoms with Gasteiger partial charge in [-0.3, -0.25) is 4.79 Å². The molecule has 2 aromatic carbocycles. The first-order valence-electron chi connectivity index (χ1n) is 8.52. The van der Waals surface area contributed by atoms with Crippen molar-refractivity contribution in [3.63, 3.8) is 0 Å². The second kappa shape index (κ2) is 7.88. The number of hydrogen-bond donors (Lipinski definition) is 1. The van der Waals surface area contributed by atoms with Crippen LogP contribution in [-0.4, -0.2) is 45.3 Å². The summed E-state index contributed by atoms with van der Waals surface area (Å²) in [4.78, 5) is 12.6. The predicted octanol–water partition coefficient (Wildman–Crippen LogP) is 2.77. The lowest BCUT2D eigenvalue weighted by atomic mass is 10.1. The minimum absolute atomic E-state index is 0.0829. The molecule has 6 nitrogen and oxygen atoms in total. The van der Waals surface area contributed by atoms with Crippen LogP contribution >= 0.6 is 0 Å². The lowest BCUT2D eigenvalue weighted by Crippen LogP contribution is -2.28. The molecule has 0 saturated carbocycles. The van der Waals surface area contributed by atoms with Crippen molar-refractivity contribution in [3.8, 4) is 5.75 Å². The number of benzene rings is 2. The van der Waals surface area contributed by atoms with Gasteiger partial charge in [-0.2, -0.15) is 4.31 Å². The summed E-state index contributed by atoms with van der Waals surface area (Å²) in [5.74, 6) is 0.570. The largest absolute Gasteiger partial charge is 0.497 e. The average molecular weight is 374 g/mol. The van der Waals surface area contributed by atoms with Crippen molar-refractivity contribution >= 4 is 21.5 Å². The van der Waals surface area contributed by atoms with Crippen LogP contribution in [0.15, 0.2) is 53.4 Å². The molecule has 7 heteroatoms. The fourth-order valence-corrected chi connectivity index (χ4v) is 4.46. The molecule has 1 aliphatic heterocycles. The Bertz CT molecular complexity index is 873. The molecule has 1 saturated heterocycles. The molecule has 1 heterocycles. The van der Waals surface area contributed by atoms with Crippen LogP contribution in [-0.2, 0) is 10.0 Å². The van der Waals surface area contributed by atoms with Crippen LogP contribution in [0.1, 0.15) is 23.2 Å². The molecular formula is C19H22N2O4S. The molecule has 1 aliphatic rings. The molecule has 0 amide bonds. The van der Waals surface area contributed by atoms with E-state index in [9.17, 15) is 13.2 Å². The van der Waals surface area contributed by atoms with Crippen LogP contribution < -0.4 is 10.1 Å². The van der Waals surface area contributed by atoms with Gasteiger partial charge in [-0.05, 0) is 49.2 Å². The molecule has 1 fully saturated rings. The maximum atomic E-state index is 12.6. The lowest BCUT2D eigenvalue weighted by molar-refractivity contribution is 0.101. The second-order valence-electron chi connectivity index (χ2n) is 6.14. The molecule has 1 N–H and O–H groups in total. The highest BCUT2D eigenvalue weighted by atomic mass is 32.2. The monoisotopic (exact) mass is 374 g/mol. The Kier molecular flexibility index (Phi) is 5.58. The highest BCUT2D eigenvalue weighted by Gasteiger charge is 2.27. The van der Waals surface area contributed by atoms with Gasteiger partial charge in [-0.1, -0.05) is 12.1 Å². The summed E-state index contributed by atoms with van der Waals surface area (Å²) in [6.45, 7) is 1.17. The number of hydrogen-bond acceptors (Lipinski definition) is 5. The Hall–Kier alpha value is -2.38. The summed E-state index contributed by atoms with van der Waals surface area (Å²) in [5, 5.41) is 3.04. The van der Waals surface area contributed by atoms with E-state index < -0.39 is 10.0 Å². The maximum Gasteiger partial charge on any atom is 0.243 e. The number of anilines is 1. The Morgan fingerprint density at radius 3 is 2.46 bits per heavy atom. The first kappa shape index (κ1) is 18.4. The first-order chi connectivity index (χ1) is 12.5. The topological polar surface area (TPSA) is 75.7 Å². The molecule has 0 atom stereocenters. The molecule has 0 aromatic heterocycles. The fourth-order valence-electron chi connectivity index (χ4n) is 2.90. The highest BCUT2D eigenvalue weighted by molar-refractivity contribution is 7.89. The Morgan fingerprint density at radius 2 is 1.81 bits per heavy atom. The van der Waals surface area contributed by atoms with E-state index >= 15 is 0 Å². The van der Waals surface area contributed by atoms with E-state index in [1.165, 1.54) is 10.4 Å². The lowest BCUT2D eigenvalue weighted by Gasteiger charge is -2.16. The van der Waals surface area contributed by atoms with Crippen molar-refractivity contribution < 1.29 is 17.9 Å². The van der Waals surface area contributed by atoms with Gasteiger partial charge in [-0.15, -0.1) is 0 Å². The number of ketones is 1. The maximum absolute atomic E-state index is 12.6. The van der Waals surface area contributed by atoms with Gasteiger partial charge in [-0.25, -0.2) is 8.42 Å². The number of Topliss-reactive ketones (excluding diaryl/α,β-unsaturated/α-hetero) is 1. The number of carbonyl (C=O) groups excluding carboxylic acids is 1. The van der Waals surface area contributed by atoms with Gasteiger partial charge in [0.2, 0.25) is 10.0 Å². The zero-order valence-corrected chi connectivity index (χ0v) is 15.5. The van der Waals surface area contributed by atoms with Crippen molar-refractivity contribution in [3.05, 3.63) is 54.1 Å². The van der Waals surface area contributed by atoms with E-state index in [0.29, 0.717) is 18.7 Å². The number of methoxy groups -OCH3 is 1. The van der Waals surface area contributed by atoms with Crippen molar-refractivity contribution in [2.75, 3.05) is 32.1 Å². The number of ether oxygens (including phenoxy) is 1. The molecule has 26 heavy (non-hydrogen) atoms. The third-order valence-electron chi connectivity index (χ3n) is 4.40. The van der Waals surface area contributed by atoms with E-state index in [0.717, 1.165) is 24.3 Å². The van der Waals surface area contributed by atoms with Crippen LogP contribution in [0.3, 0.4) is 0 Å². The smallest absolute Gasteiger partial charge is 0.243 e. The van der Waals surface area contributed by atoms with Gasteiger partial charge in [0.1, 0.15) is 5.75 Å². The zero-order valence-electron chi connectivity index (χ0n) is 14.6. The SMILES string of the molecule is COc1ccc(NCC(=O)c2cccc(S(=O)(=O)N3CCCC3)c2)cc1. The number of rotatable bonds is 7. The number of nitrogens with one attached hydrogen (secondary N) is 1. The minimum atomic E-state index is -3.52. The Morgan fingerprint density at radius 1 is 1.12 bits per heavy atom. The van der Waals surface area contributed by atoms with Gasteiger partial charge in [0.05, 0.1) is 18.6 Å². The summed E-state index contributed by atoms with van der Waals surface area (Å²) in [5.41, 5.74) is 1.17. The zero-order chi connectivity index (χ0) is 18.6. The third kappa shape index (κ3) is 4.05. The Balaban J connectivity index is 1.69. The van der Waals surface area contributed by atoms with Crippen molar-refractivity contribution in [2.45, 2.75) is 17.7 Å². The van der Waals surface area contributed by atoms with Gasteiger partial charge in [0.15, 0.2) is 5.78 Å². The predicted molar refractivity (Wildman–Crippen MR) is 100 cm³/mol. The van der Waals surface area contributed by atoms with E-state index in [4.69, 9.17) is 4.74 Å². The molecule has 2 aromatic rings. The van der Waals surface area contributed by atoms with E-state index in [2.05, 4.69) is 5.32 Å². The number of nitrogens with zero attached hydrogens (tertiary/aromatic N) is 1. The summed E-state index contributed by atoms with van der Waals surface area (Å²) in [6, 6.07) is 13.5. The van der Waals surface area contributed by atoms with E-state index in [-0.39, 0.29) is 17.2 Å². The van der Waals surface area contributed by atoms with Gasteiger partial charge in [0, 0.05) is 24.3 Å². The van der Waals surface area contributed by atoms with Crippen LogP contribution in [0.5, 0.6) is 5.75 Å². The summed E-state index contributed by atoms with van der Waals surface area (Å²) < 4.78 is 31.8. The summed E-state index contributed by atoms with van der Waals surface area (Å²) in [6.07, 6.45) is 1.76. The third-order valence-corrected chi connectivity index (χ3v) is 6.30. The minimum Gasteiger partial charge on any atom is -0.497 e. The molecule has 0 unspecified atom stereocenters. The van der Waals surface area contributed by atoms with Crippen molar-refractivity contribution in [2.24, 2.45) is 0 Å². The van der Waals surface area contributed by atoms with Crippen LogP contribution in [0, 0.1) is 0 Å². The quantitative estimate of drug-likeness (QED) is 0.754. The highest BCUT2D eigenvalue weighted by Crippen LogP contribution is 2.22. The van der Waals surface area contributed by atoms with Crippen molar-refractivity contribution in [1.82, 2.24) is 4.31 Å². The van der Waals surface area contributed by atoms with Crippen LogP contribution in [0.4, 0.5) is 5.69 Å². The van der Waals surface area contributed by atoms with Crippen LogP contribution in [0.2, 0.25) is 0 Å². The second-order valence-corrected chi connectivity index (χ2v) is 8.08. The molecule has 0 radical (unpaired) electrons.